The van der Waals surface area contributed by atoms with Crippen LogP contribution in [0.1, 0.15) is 11.1 Å². The molecule has 0 N–H and O–H groups in total. The van der Waals surface area contributed by atoms with Gasteiger partial charge in [0.25, 0.3) is 0 Å². The van der Waals surface area contributed by atoms with E-state index in [9.17, 15) is 0 Å². The largest absolute Gasteiger partial charge is 0.495 e. The lowest BCUT2D eigenvalue weighted by molar-refractivity contribution is 0.383. The summed E-state index contributed by atoms with van der Waals surface area (Å²) in [7, 11) is 5.28. The first-order valence-corrected chi connectivity index (χ1v) is 5.50. The summed E-state index contributed by atoms with van der Waals surface area (Å²) in [6.07, 6.45) is 0. The zero-order chi connectivity index (χ0) is 11.6. The van der Waals surface area contributed by atoms with Gasteiger partial charge in [-0.25, -0.2) is 0 Å². The maximum absolute atomic E-state index is 6.16. The Hall–Kier alpha value is -0.150. The predicted molar refractivity (Wildman–Crippen MR) is 65.3 cm³/mol. The van der Waals surface area contributed by atoms with Crippen molar-refractivity contribution in [2.45, 2.75) is 5.50 Å². The van der Waals surface area contributed by atoms with Crippen molar-refractivity contribution in [2.24, 2.45) is 0 Å². The first-order valence-electron chi connectivity index (χ1n) is 4.30. The van der Waals surface area contributed by atoms with Crippen LogP contribution in [0.5, 0.6) is 5.75 Å². The molecular formula is C10H12Cl3NO. The third-order valence-corrected chi connectivity index (χ3v) is 3.23. The van der Waals surface area contributed by atoms with Crippen LogP contribution in [0.3, 0.4) is 0 Å². The Labute approximate surface area is 105 Å². The van der Waals surface area contributed by atoms with Gasteiger partial charge in [-0.2, -0.15) is 0 Å². The molecule has 1 aromatic carbocycles. The highest BCUT2D eigenvalue weighted by atomic mass is 35.5. The number of nitrogens with zero attached hydrogens (tertiary/aromatic N) is 1. The first-order chi connectivity index (χ1) is 6.97. The minimum atomic E-state index is -0.305. The van der Waals surface area contributed by atoms with Crippen LogP contribution in [0.2, 0.25) is 10.0 Å². The van der Waals surface area contributed by atoms with Gasteiger partial charge in [0.05, 0.1) is 17.2 Å². The fourth-order valence-corrected chi connectivity index (χ4v) is 1.90. The Kier molecular flexibility index (Phi) is 4.53. The normalized spacial score (nSPS) is 13.0. The second-order valence-electron chi connectivity index (χ2n) is 3.31. The SMILES string of the molecule is COc1cc(Cl)c(C(Cl)N(C)C)cc1Cl. The fraction of sp³-hybridized carbons (Fsp3) is 0.400. The molecule has 5 heteroatoms. The lowest BCUT2D eigenvalue weighted by atomic mass is 10.2. The molecule has 84 valence electrons. The molecule has 0 aliphatic carbocycles. The van der Waals surface area contributed by atoms with Gasteiger partial charge in [-0.1, -0.05) is 23.2 Å². The van der Waals surface area contributed by atoms with Crippen molar-refractivity contribution in [3.05, 3.63) is 27.7 Å². The van der Waals surface area contributed by atoms with Crippen molar-refractivity contribution >= 4 is 34.8 Å². The molecule has 2 nitrogen and oxygen atoms in total. The quantitative estimate of drug-likeness (QED) is 0.611. The molecule has 15 heavy (non-hydrogen) atoms. The van der Waals surface area contributed by atoms with Gasteiger partial charge >= 0.3 is 0 Å². The van der Waals surface area contributed by atoms with E-state index < -0.39 is 0 Å². The molecule has 0 saturated carbocycles. The van der Waals surface area contributed by atoms with Crippen LogP contribution in [0.25, 0.3) is 0 Å². The zero-order valence-corrected chi connectivity index (χ0v) is 11.0. The zero-order valence-electron chi connectivity index (χ0n) is 8.72. The summed E-state index contributed by atoms with van der Waals surface area (Å²) >= 11 is 18.2. The van der Waals surface area contributed by atoms with E-state index >= 15 is 0 Å². The van der Waals surface area contributed by atoms with Gasteiger partial charge in [-0.15, -0.1) is 11.6 Å². The standard InChI is InChI=1S/C10H12Cl3NO/c1-14(2)10(13)6-4-8(12)9(15-3)5-7(6)11/h4-5,10H,1-3H3. The number of methoxy groups -OCH3 is 1. The summed E-state index contributed by atoms with van der Waals surface area (Å²) in [5.41, 5.74) is 0.468. The highest BCUT2D eigenvalue weighted by Gasteiger charge is 2.16. The number of alkyl halides is 1. The monoisotopic (exact) mass is 267 g/mol. The average molecular weight is 269 g/mol. The van der Waals surface area contributed by atoms with Gasteiger partial charge in [0, 0.05) is 11.6 Å². The van der Waals surface area contributed by atoms with Crippen molar-refractivity contribution in [1.82, 2.24) is 4.90 Å². The predicted octanol–water partition coefficient (Wildman–Crippen LogP) is 3.80. The van der Waals surface area contributed by atoms with Gasteiger partial charge in [-0.3, -0.25) is 4.90 Å². The van der Waals surface area contributed by atoms with Crippen LogP contribution >= 0.6 is 34.8 Å². The maximum atomic E-state index is 6.16. The molecule has 0 bridgehead atoms. The van der Waals surface area contributed by atoms with E-state index in [4.69, 9.17) is 39.5 Å². The Balaban J connectivity index is 3.15. The molecule has 0 radical (unpaired) electrons. The number of hydrogen-bond acceptors (Lipinski definition) is 2. The van der Waals surface area contributed by atoms with Crippen molar-refractivity contribution in [2.75, 3.05) is 21.2 Å². The van der Waals surface area contributed by atoms with Gasteiger partial charge < -0.3 is 4.74 Å². The summed E-state index contributed by atoms with van der Waals surface area (Å²) in [4.78, 5) is 1.84. The molecule has 0 aliphatic rings. The maximum Gasteiger partial charge on any atom is 0.138 e. The van der Waals surface area contributed by atoms with Gasteiger partial charge in [0.2, 0.25) is 0 Å². The fourth-order valence-electron chi connectivity index (χ4n) is 1.16. The summed E-state index contributed by atoms with van der Waals surface area (Å²) in [5, 5.41) is 1.05. The van der Waals surface area contributed by atoms with E-state index in [1.165, 1.54) is 0 Å². The topological polar surface area (TPSA) is 12.5 Å². The molecule has 0 fully saturated rings. The smallest absolute Gasteiger partial charge is 0.138 e. The molecule has 1 rings (SSSR count). The molecule has 0 saturated heterocycles. The third-order valence-electron chi connectivity index (χ3n) is 1.98. The number of hydrogen-bond donors (Lipinski definition) is 0. The third kappa shape index (κ3) is 2.91. The van der Waals surface area contributed by atoms with Crippen molar-refractivity contribution < 1.29 is 4.74 Å². The van der Waals surface area contributed by atoms with Crippen molar-refractivity contribution in [3.63, 3.8) is 0 Å². The minimum absolute atomic E-state index is 0.305. The van der Waals surface area contributed by atoms with E-state index in [1.807, 2.05) is 19.0 Å². The number of ether oxygens (including phenoxy) is 1. The molecule has 1 unspecified atom stereocenters. The summed E-state index contributed by atoms with van der Waals surface area (Å²) < 4.78 is 5.05. The molecule has 0 amide bonds. The highest BCUT2D eigenvalue weighted by molar-refractivity contribution is 6.35. The Bertz CT molecular complexity index is 355. The summed E-state index contributed by atoms with van der Waals surface area (Å²) in [6, 6.07) is 3.39. The summed E-state index contributed by atoms with van der Waals surface area (Å²) in [6.45, 7) is 0. The Morgan fingerprint density at radius 1 is 1.20 bits per heavy atom. The van der Waals surface area contributed by atoms with Gasteiger partial charge in [0.1, 0.15) is 11.3 Å². The Morgan fingerprint density at radius 2 is 1.80 bits per heavy atom. The molecule has 1 atom stereocenters. The van der Waals surface area contributed by atoms with Crippen LogP contribution in [-0.4, -0.2) is 26.1 Å². The molecular weight excluding hydrogens is 256 g/mol. The Morgan fingerprint density at radius 3 is 2.27 bits per heavy atom. The number of halogens is 3. The van der Waals surface area contributed by atoms with Crippen LogP contribution in [-0.2, 0) is 0 Å². The second kappa shape index (κ2) is 5.26. The lowest BCUT2D eigenvalue weighted by Crippen LogP contribution is -2.15. The van der Waals surface area contributed by atoms with Crippen LogP contribution < -0.4 is 4.74 Å². The number of benzene rings is 1. The van der Waals surface area contributed by atoms with Crippen LogP contribution in [0.15, 0.2) is 12.1 Å². The minimum Gasteiger partial charge on any atom is -0.495 e. The molecule has 1 aromatic rings. The molecule has 0 spiro atoms. The van der Waals surface area contributed by atoms with E-state index in [-0.39, 0.29) is 5.50 Å². The first kappa shape index (κ1) is 12.9. The van der Waals surface area contributed by atoms with Crippen LogP contribution in [0, 0.1) is 0 Å². The van der Waals surface area contributed by atoms with E-state index in [2.05, 4.69) is 0 Å². The van der Waals surface area contributed by atoms with Crippen molar-refractivity contribution in [1.29, 1.82) is 0 Å². The molecule has 0 aliphatic heterocycles. The number of rotatable bonds is 3. The molecule has 0 heterocycles. The molecule has 0 aromatic heterocycles. The van der Waals surface area contributed by atoms with Gasteiger partial charge in [-0.05, 0) is 20.2 Å². The van der Waals surface area contributed by atoms with Gasteiger partial charge in [0.15, 0.2) is 0 Å². The van der Waals surface area contributed by atoms with E-state index in [0.717, 1.165) is 5.56 Å². The van der Waals surface area contributed by atoms with Crippen LogP contribution in [0.4, 0.5) is 0 Å². The average Bonchev–Trinajstić information content (AvgIpc) is 2.19. The second-order valence-corrected chi connectivity index (χ2v) is 4.54. The van der Waals surface area contributed by atoms with Crippen molar-refractivity contribution in [3.8, 4) is 5.75 Å². The van der Waals surface area contributed by atoms with E-state index in [1.54, 1.807) is 19.2 Å². The lowest BCUT2D eigenvalue weighted by Gasteiger charge is -2.19. The van der Waals surface area contributed by atoms with E-state index in [0.29, 0.717) is 15.8 Å². The summed E-state index contributed by atoms with van der Waals surface area (Å²) in [5.74, 6) is 0.549. The highest BCUT2D eigenvalue weighted by Crippen LogP contribution is 2.36.